The van der Waals surface area contributed by atoms with Gasteiger partial charge in [0.05, 0.1) is 5.60 Å². The molecule has 0 bridgehead atoms. The maximum Gasteiger partial charge on any atom is 0.0871 e. The molecule has 2 aromatic carbocycles. The van der Waals surface area contributed by atoms with Crippen molar-refractivity contribution in [2.24, 2.45) is 0 Å². The number of rotatable bonds is 4. The molecule has 0 saturated carbocycles. The fourth-order valence-corrected chi connectivity index (χ4v) is 1.97. The maximum absolute atomic E-state index is 10.4. The third-order valence-corrected chi connectivity index (χ3v) is 3.14. The third-order valence-electron chi connectivity index (χ3n) is 3.14. The summed E-state index contributed by atoms with van der Waals surface area (Å²) < 4.78 is 0. The maximum atomic E-state index is 10.4. The molecule has 0 heterocycles. The molecule has 0 aliphatic rings. The number of aryl methyl sites for hydroxylation is 1. The highest BCUT2D eigenvalue weighted by molar-refractivity contribution is 5.22. The third kappa shape index (κ3) is 3.18. The summed E-state index contributed by atoms with van der Waals surface area (Å²) in [6.07, 6.45) is 1.63. The van der Waals surface area contributed by atoms with Gasteiger partial charge in [-0.1, -0.05) is 60.7 Å². The van der Waals surface area contributed by atoms with Crippen molar-refractivity contribution >= 4 is 0 Å². The molecule has 0 aliphatic heterocycles. The predicted molar refractivity (Wildman–Crippen MR) is 70.8 cm³/mol. The highest BCUT2D eigenvalue weighted by Gasteiger charge is 2.21. The number of benzene rings is 2. The van der Waals surface area contributed by atoms with Crippen molar-refractivity contribution in [3.8, 4) is 0 Å². The summed E-state index contributed by atoms with van der Waals surface area (Å²) >= 11 is 0. The summed E-state index contributed by atoms with van der Waals surface area (Å²) in [4.78, 5) is 0. The number of hydrogen-bond acceptors (Lipinski definition) is 1. The Labute approximate surface area is 103 Å². The van der Waals surface area contributed by atoms with Crippen LogP contribution in [0.3, 0.4) is 0 Å². The Morgan fingerprint density at radius 3 is 2.00 bits per heavy atom. The predicted octanol–water partition coefficient (Wildman–Crippen LogP) is 3.53. The molecule has 0 amide bonds. The molecule has 1 heteroatoms. The minimum Gasteiger partial charge on any atom is -0.385 e. The Morgan fingerprint density at radius 1 is 0.882 bits per heavy atom. The molecule has 2 rings (SSSR count). The van der Waals surface area contributed by atoms with E-state index in [9.17, 15) is 5.11 Å². The summed E-state index contributed by atoms with van der Waals surface area (Å²) in [5.41, 5.74) is 1.50. The Balaban J connectivity index is 2.03. The average molecular weight is 226 g/mol. The monoisotopic (exact) mass is 226 g/mol. The molecule has 0 radical (unpaired) electrons. The number of aliphatic hydroxyl groups is 1. The van der Waals surface area contributed by atoms with Crippen molar-refractivity contribution in [3.05, 3.63) is 71.8 Å². The van der Waals surface area contributed by atoms with Crippen LogP contribution in [0.4, 0.5) is 0 Å². The van der Waals surface area contributed by atoms with Crippen molar-refractivity contribution in [2.45, 2.75) is 25.4 Å². The van der Waals surface area contributed by atoms with E-state index in [1.807, 2.05) is 55.5 Å². The Bertz CT molecular complexity index is 445. The van der Waals surface area contributed by atoms with E-state index in [1.165, 1.54) is 5.56 Å². The van der Waals surface area contributed by atoms with E-state index in [4.69, 9.17) is 0 Å². The van der Waals surface area contributed by atoms with Gasteiger partial charge in [0.25, 0.3) is 0 Å². The summed E-state index contributed by atoms with van der Waals surface area (Å²) in [5, 5.41) is 10.4. The average Bonchev–Trinajstić information content (AvgIpc) is 2.39. The van der Waals surface area contributed by atoms with Crippen LogP contribution in [0.15, 0.2) is 60.7 Å². The van der Waals surface area contributed by atoms with Crippen molar-refractivity contribution in [2.75, 3.05) is 0 Å². The molecular weight excluding hydrogens is 208 g/mol. The first-order chi connectivity index (χ1) is 8.18. The topological polar surface area (TPSA) is 20.2 Å². The molecule has 0 aliphatic carbocycles. The van der Waals surface area contributed by atoms with Gasteiger partial charge in [-0.15, -0.1) is 0 Å². The van der Waals surface area contributed by atoms with Gasteiger partial charge in [-0.2, -0.15) is 0 Å². The number of hydrogen-bond donors (Lipinski definition) is 1. The van der Waals surface area contributed by atoms with Gasteiger partial charge in [0.1, 0.15) is 0 Å². The molecule has 1 atom stereocenters. The van der Waals surface area contributed by atoms with E-state index in [0.29, 0.717) is 0 Å². The highest BCUT2D eigenvalue weighted by Crippen LogP contribution is 2.25. The Kier molecular flexibility index (Phi) is 3.60. The highest BCUT2D eigenvalue weighted by atomic mass is 16.3. The molecule has 88 valence electrons. The van der Waals surface area contributed by atoms with Gasteiger partial charge in [0.15, 0.2) is 0 Å². The van der Waals surface area contributed by atoms with Crippen molar-refractivity contribution in [3.63, 3.8) is 0 Å². The van der Waals surface area contributed by atoms with E-state index in [2.05, 4.69) is 12.1 Å². The molecule has 0 unspecified atom stereocenters. The minimum atomic E-state index is -0.753. The standard InChI is InChI=1S/C16H18O/c1-16(17,15-10-6-3-7-11-15)13-12-14-8-4-2-5-9-14/h2-11,17H,12-13H2,1H3/t16-/m1/s1. The molecule has 0 saturated heterocycles. The summed E-state index contributed by atoms with van der Waals surface area (Å²) in [5.74, 6) is 0. The zero-order chi connectivity index (χ0) is 12.1. The van der Waals surface area contributed by atoms with Crippen molar-refractivity contribution in [1.82, 2.24) is 0 Å². The lowest BCUT2D eigenvalue weighted by molar-refractivity contribution is 0.0480. The van der Waals surface area contributed by atoms with Crippen LogP contribution < -0.4 is 0 Å². The SMILES string of the molecule is C[C@@](O)(CCc1ccccc1)c1ccccc1. The molecular formula is C16H18O. The zero-order valence-corrected chi connectivity index (χ0v) is 10.1. The van der Waals surface area contributed by atoms with Gasteiger partial charge >= 0.3 is 0 Å². The van der Waals surface area contributed by atoms with E-state index in [0.717, 1.165) is 18.4 Å². The fraction of sp³-hybridized carbons (Fsp3) is 0.250. The second kappa shape index (κ2) is 5.15. The van der Waals surface area contributed by atoms with Gasteiger partial charge in [-0.25, -0.2) is 0 Å². The lowest BCUT2D eigenvalue weighted by atomic mass is 9.89. The van der Waals surface area contributed by atoms with Crippen LogP contribution in [0.25, 0.3) is 0 Å². The van der Waals surface area contributed by atoms with Gasteiger partial charge in [-0.05, 0) is 30.9 Å². The van der Waals surface area contributed by atoms with Gasteiger partial charge in [-0.3, -0.25) is 0 Å². The quantitative estimate of drug-likeness (QED) is 0.845. The van der Waals surface area contributed by atoms with E-state index in [-0.39, 0.29) is 0 Å². The minimum absolute atomic E-state index is 0.737. The van der Waals surface area contributed by atoms with Crippen molar-refractivity contribution < 1.29 is 5.11 Å². The van der Waals surface area contributed by atoms with E-state index in [1.54, 1.807) is 0 Å². The zero-order valence-electron chi connectivity index (χ0n) is 10.1. The van der Waals surface area contributed by atoms with E-state index >= 15 is 0 Å². The molecule has 0 aromatic heterocycles. The van der Waals surface area contributed by atoms with Crippen LogP contribution in [-0.4, -0.2) is 5.11 Å². The lowest BCUT2D eigenvalue weighted by Gasteiger charge is -2.23. The Hall–Kier alpha value is -1.60. The van der Waals surface area contributed by atoms with Crippen LogP contribution in [-0.2, 0) is 12.0 Å². The molecule has 1 N–H and O–H groups in total. The first-order valence-electron chi connectivity index (χ1n) is 6.00. The molecule has 2 aromatic rings. The molecule has 0 fully saturated rings. The largest absolute Gasteiger partial charge is 0.385 e. The second-order valence-electron chi connectivity index (χ2n) is 4.63. The summed E-state index contributed by atoms with van der Waals surface area (Å²) in [6.45, 7) is 1.88. The van der Waals surface area contributed by atoms with Crippen LogP contribution in [0.1, 0.15) is 24.5 Å². The summed E-state index contributed by atoms with van der Waals surface area (Å²) in [7, 11) is 0. The fourth-order valence-electron chi connectivity index (χ4n) is 1.97. The van der Waals surface area contributed by atoms with Gasteiger partial charge in [0, 0.05) is 0 Å². The molecule has 17 heavy (non-hydrogen) atoms. The lowest BCUT2D eigenvalue weighted by Crippen LogP contribution is -2.21. The van der Waals surface area contributed by atoms with Crippen LogP contribution in [0, 0.1) is 0 Å². The first kappa shape index (κ1) is 11.9. The van der Waals surface area contributed by atoms with E-state index < -0.39 is 5.60 Å². The van der Waals surface area contributed by atoms with Gasteiger partial charge < -0.3 is 5.11 Å². The van der Waals surface area contributed by atoms with Gasteiger partial charge in [0.2, 0.25) is 0 Å². The van der Waals surface area contributed by atoms with Crippen LogP contribution >= 0.6 is 0 Å². The Morgan fingerprint density at radius 2 is 1.41 bits per heavy atom. The molecule has 1 nitrogen and oxygen atoms in total. The smallest absolute Gasteiger partial charge is 0.0871 e. The van der Waals surface area contributed by atoms with Crippen molar-refractivity contribution in [1.29, 1.82) is 0 Å². The summed E-state index contributed by atoms with van der Waals surface area (Å²) in [6, 6.07) is 20.1. The molecule has 0 spiro atoms. The second-order valence-corrected chi connectivity index (χ2v) is 4.63. The van der Waals surface area contributed by atoms with Crippen LogP contribution in [0.2, 0.25) is 0 Å². The van der Waals surface area contributed by atoms with Crippen LogP contribution in [0.5, 0.6) is 0 Å². The first-order valence-corrected chi connectivity index (χ1v) is 6.00. The normalized spacial score (nSPS) is 14.2.